The summed E-state index contributed by atoms with van der Waals surface area (Å²) in [6.45, 7) is 7.61. The number of hydrogen-bond acceptors (Lipinski definition) is 9. The number of anilines is 4. The van der Waals surface area contributed by atoms with Gasteiger partial charge in [-0.1, -0.05) is 0 Å². The lowest BCUT2D eigenvalue weighted by Gasteiger charge is -2.47. The summed E-state index contributed by atoms with van der Waals surface area (Å²) in [6, 6.07) is 10.5. The van der Waals surface area contributed by atoms with Gasteiger partial charge in [0, 0.05) is 75.0 Å². The van der Waals surface area contributed by atoms with Crippen LogP contribution >= 0.6 is 0 Å². The number of carbonyl (C=O) groups is 1. The first-order valence-corrected chi connectivity index (χ1v) is 17.0. The SMILES string of the molecule is C[C@@H]1CN(c2ccc(Nc3cc(-c4ccnc(N5CCn6c(cc7c6CCCC7)C5=O)c4CO)cn(C)c3=O)nc2)CCN1C1COC1. The van der Waals surface area contributed by atoms with Crippen molar-refractivity contribution in [2.75, 3.05) is 54.5 Å². The van der Waals surface area contributed by atoms with Crippen LogP contribution < -0.4 is 20.7 Å². The number of carbonyl (C=O) groups excluding carboxylic acids is 1. The van der Waals surface area contributed by atoms with Gasteiger partial charge in [-0.3, -0.25) is 19.4 Å². The summed E-state index contributed by atoms with van der Waals surface area (Å²) in [5.41, 5.74) is 6.43. The number of aliphatic hydroxyl groups excluding tert-OH is 1. The zero-order valence-electron chi connectivity index (χ0n) is 27.6. The van der Waals surface area contributed by atoms with Gasteiger partial charge in [-0.2, -0.15) is 0 Å². The molecule has 7 heterocycles. The molecule has 0 aromatic carbocycles. The van der Waals surface area contributed by atoms with E-state index in [1.807, 2.05) is 30.5 Å². The first-order chi connectivity index (χ1) is 23.4. The Morgan fingerprint density at radius 3 is 2.62 bits per heavy atom. The summed E-state index contributed by atoms with van der Waals surface area (Å²) < 4.78 is 9.09. The number of piperazine rings is 1. The van der Waals surface area contributed by atoms with Crippen molar-refractivity contribution in [3.05, 3.63) is 81.8 Å². The predicted molar refractivity (Wildman–Crippen MR) is 184 cm³/mol. The van der Waals surface area contributed by atoms with Crippen molar-refractivity contribution >= 4 is 28.9 Å². The van der Waals surface area contributed by atoms with E-state index in [0.717, 1.165) is 69.8 Å². The highest BCUT2D eigenvalue weighted by Gasteiger charge is 2.34. The highest BCUT2D eigenvalue weighted by molar-refractivity contribution is 6.06. The van der Waals surface area contributed by atoms with Crippen molar-refractivity contribution < 1.29 is 14.6 Å². The second kappa shape index (κ2) is 12.5. The van der Waals surface area contributed by atoms with Crippen LogP contribution in [0.15, 0.2) is 53.7 Å². The Kier molecular flexibility index (Phi) is 8.02. The van der Waals surface area contributed by atoms with Gasteiger partial charge in [0.25, 0.3) is 11.5 Å². The number of nitrogens with zero attached hydrogens (tertiary/aromatic N) is 7. The number of ether oxygens (including phenoxy) is 1. The highest BCUT2D eigenvalue weighted by Crippen LogP contribution is 2.35. The summed E-state index contributed by atoms with van der Waals surface area (Å²) in [7, 11) is 1.70. The molecule has 0 unspecified atom stereocenters. The van der Waals surface area contributed by atoms with E-state index in [1.54, 1.807) is 30.4 Å². The molecule has 4 aromatic rings. The zero-order chi connectivity index (χ0) is 32.9. The summed E-state index contributed by atoms with van der Waals surface area (Å²) in [4.78, 5) is 42.9. The molecule has 0 bridgehead atoms. The molecule has 2 fully saturated rings. The van der Waals surface area contributed by atoms with Crippen LogP contribution in [0.25, 0.3) is 11.1 Å². The van der Waals surface area contributed by atoms with Gasteiger partial charge in [-0.25, -0.2) is 9.97 Å². The molecule has 4 aliphatic rings. The van der Waals surface area contributed by atoms with Crippen LogP contribution in [-0.4, -0.2) is 86.5 Å². The smallest absolute Gasteiger partial charge is 0.276 e. The summed E-state index contributed by atoms with van der Waals surface area (Å²) in [5, 5.41) is 13.9. The minimum atomic E-state index is -0.310. The minimum absolute atomic E-state index is 0.100. The average molecular weight is 651 g/mol. The third-order valence-electron chi connectivity index (χ3n) is 10.5. The third-order valence-corrected chi connectivity index (χ3v) is 10.5. The van der Waals surface area contributed by atoms with E-state index < -0.39 is 0 Å². The Labute approximate surface area is 279 Å². The Morgan fingerprint density at radius 1 is 1.02 bits per heavy atom. The monoisotopic (exact) mass is 650 g/mol. The molecule has 4 aromatic heterocycles. The normalized spacial score (nSPS) is 20.0. The summed E-state index contributed by atoms with van der Waals surface area (Å²) >= 11 is 0. The first kappa shape index (κ1) is 30.8. The van der Waals surface area contributed by atoms with Crippen LogP contribution in [0.5, 0.6) is 0 Å². The van der Waals surface area contributed by atoms with Crippen LogP contribution in [0, 0.1) is 0 Å². The van der Waals surface area contributed by atoms with Gasteiger partial charge >= 0.3 is 0 Å². The number of rotatable bonds is 7. The van der Waals surface area contributed by atoms with Crippen molar-refractivity contribution in [1.29, 1.82) is 0 Å². The quantitative estimate of drug-likeness (QED) is 0.310. The van der Waals surface area contributed by atoms with E-state index in [4.69, 9.17) is 4.74 Å². The lowest BCUT2D eigenvalue weighted by molar-refractivity contribution is -0.0792. The molecule has 1 atom stereocenters. The van der Waals surface area contributed by atoms with E-state index in [-0.39, 0.29) is 18.1 Å². The number of amides is 1. The number of aryl methyl sites for hydroxylation is 2. The van der Waals surface area contributed by atoms with Gasteiger partial charge in [0.05, 0.1) is 37.7 Å². The fraction of sp³-hybridized carbons (Fsp3) is 0.444. The Morgan fingerprint density at radius 2 is 1.88 bits per heavy atom. The van der Waals surface area contributed by atoms with Crippen molar-refractivity contribution in [2.24, 2.45) is 7.05 Å². The van der Waals surface area contributed by atoms with E-state index in [1.165, 1.54) is 15.8 Å². The predicted octanol–water partition coefficient (Wildman–Crippen LogP) is 3.33. The van der Waals surface area contributed by atoms with Crippen molar-refractivity contribution in [3.8, 4) is 11.1 Å². The molecule has 250 valence electrons. The van der Waals surface area contributed by atoms with Crippen LogP contribution in [0.3, 0.4) is 0 Å². The number of fused-ring (bicyclic) bond motifs is 3. The largest absolute Gasteiger partial charge is 0.392 e. The standard InChI is InChI=1S/C36H42N8O4/c1-23-18-41(11-12-42(23)27-21-48-22-27)26-7-8-33(38-17-26)39-30-15-25(19-40(2)35(30)46)28-9-10-37-34(29(28)20-45)44-14-13-43-31-6-4-3-5-24(31)16-32(43)36(44)47/h7-10,15-17,19,23,27,45H,3-6,11-14,18,20-22H2,1-2H3,(H,38,39)/t23-/m1/s1. The van der Waals surface area contributed by atoms with Gasteiger partial charge < -0.3 is 29.2 Å². The number of aromatic nitrogens is 4. The number of hydrogen-bond donors (Lipinski definition) is 2. The molecule has 2 N–H and O–H groups in total. The fourth-order valence-corrected chi connectivity index (χ4v) is 7.88. The number of aliphatic hydroxyl groups is 1. The molecule has 48 heavy (non-hydrogen) atoms. The molecule has 8 rings (SSSR count). The van der Waals surface area contributed by atoms with Crippen LogP contribution in [-0.2, 0) is 37.8 Å². The van der Waals surface area contributed by atoms with Gasteiger partial charge in [-0.05, 0) is 74.1 Å². The molecule has 12 nitrogen and oxygen atoms in total. The maximum absolute atomic E-state index is 13.8. The Hall–Kier alpha value is -4.52. The Bertz CT molecular complexity index is 1910. The Balaban J connectivity index is 1.04. The van der Waals surface area contributed by atoms with E-state index in [0.29, 0.717) is 59.3 Å². The van der Waals surface area contributed by atoms with Gasteiger partial charge in [0.1, 0.15) is 23.0 Å². The lowest BCUT2D eigenvalue weighted by atomic mass is 9.98. The molecule has 1 aliphatic carbocycles. The summed E-state index contributed by atoms with van der Waals surface area (Å²) in [6.07, 6.45) is 9.58. The molecule has 0 radical (unpaired) electrons. The highest BCUT2D eigenvalue weighted by atomic mass is 16.5. The fourth-order valence-electron chi connectivity index (χ4n) is 7.88. The zero-order valence-corrected chi connectivity index (χ0v) is 27.6. The van der Waals surface area contributed by atoms with Gasteiger partial charge in [0.2, 0.25) is 0 Å². The first-order valence-electron chi connectivity index (χ1n) is 17.0. The van der Waals surface area contributed by atoms with Crippen molar-refractivity contribution in [1.82, 2.24) is 24.0 Å². The molecule has 0 saturated carbocycles. The van der Waals surface area contributed by atoms with Gasteiger partial charge in [0.15, 0.2) is 0 Å². The third kappa shape index (κ3) is 5.37. The van der Waals surface area contributed by atoms with E-state index >= 15 is 0 Å². The molecule has 0 spiro atoms. The van der Waals surface area contributed by atoms with E-state index in [9.17, 15) is 14.7 Å². The molecule has 3 aliphatic heterocycles. The topological polar surface area (TPSA) is 121 Å². The van der Waals surface area contributed by atoms with E-state index in [2.05, 4.69) is 36.6 Å². The average Bonchev–Trinajstić information content (AvgIpc) is 3.47. The van der Waals surface area contributed by atoms with Crippen LogP contribution in [0.2, 0.25) is 0 Å². The number of nitrogens with one attached hydrogen (secondary N) is 1. The van der Waals surface area contributed by atoms with Crippen molar-refractivity contribution in [2.45, 2.75) is 57.8 Å². The lowest BCUT2D eigenvalue weighted by Crippen LogP contribution is -2.60. The van der Waals surface area contributed by atoms with Crippen LogP contribution in [0.4, 0.5) is 23.0 Å². The maximum Gasteiger partial charge on any atom is 0.276 e. The second-order valence-electron chi connectivity index (χ2n) is 13.4. The minimum Gasteiger partial charge on any atom is -0.392 e. The molecule has 1 amide bonds. The van der Waals surface area contributed by atoms with Crippen molar-refractivity contribution in [3.63, 3.8) is 0 Å². The maximum atomic E-state index is 13.8. The molecule has 2 saturated heterocycles. The van der Waals surface area contributed by atoms with Gasteiger partial charge in [-0.15, -0.1) is 0 Å². The molecular formula is C36H42N8O4. The number of pyridine rings is 3. The second-order valence-corrected chi connectivity index (χ2v) is 13.4. The molecular weight excluding hydrogens is 608 g/mol. The molecule has 12 heteroatoms. The van der Waals surface area contributed by atoms with Crippen LogP contribution in [0.1, 0.15) is 47.1 Å². The summed E-state index contributed by atoms with van der Waals surface area (Å²) in [5.74, 6) is 0.910.